The van der Waals surface area contributed by atoms with Crippen LogP contribution in [0.3, 0.4) is 0 Å². The summed E-state index contributed by atoms with van der Waals surface area (Å²) in [5, 5.41) is 18.9. The number of benzene rings is 2. The third-order valence-electron chi connectivity index (χ3n) is 5.40. The average molecular weight is 466 g/mol. The number of methoxy groups -OCH3 is 1. The molecule has 1 aliphatic rings. The van der Waals surface area contributed by atoms with Gasteiger partial charge < -0.3 is 31.0 Å². The van der Waals surface area contributed by atoms with Crippen LogP contribution in [0.4, 0.5) is 5.69 Å². The number of aromatic nitrogens is 1. The van der Waals surface area contributed by atoms with E-state index in [-0.39, 0.29) is 11.9 Å². The Morgan fingerprint density at radius 3 is 2.65 bits per heavy atom. The third kappa shape index (κ3) is 6.46. The minimum Gasteiger partial charge on any atom is -0.497 e. The number of aryl methyl sites for hydroxylation is 1. The molecule has 34 heavy (non-hydrogen) atoms. The first-order valence-electron chi connectivity index (χ1n) is 10.7. The first-order valence-corrected chi connectivity index (χ1v) is 10.7. The van der Waals surface area contributed by atoms with Gasteiger partial charge in [0.15, 0.2) is 0 Å². The van der Waals surface area contributed by atoms with Gasteiger partial charge in [-0.2, -0.15) is 0 Å². The van der Waals surface area contributed by atoms with Gasteiger partial charge in [0.2, 0.25) is 5.91 Å². The molecule has 2 aromatic carbocycles. The lowest BCUT2D eigenvalue weighted by molar-refractivity contribution is -0.159. The normalized spacial score (nSPS) is 14.7. The molecule has 1 unspecified atom stereocenters. The number of nitrogens with one attached hydrogen (secondary N) is 2. The summed E-state index contributed by atoms with van der Waals surface area (Å²) in [6.07, 6.45) is 6.99. The second-order valence-corrected chi connectivity index (χ2v) is 7.89. The summed E-state index contributed by atoms with van der Waals surface area (Å²) in [5.41, 5.74) is 11.6. The van der Waals surface area contributed by atoms with Crippen LogP contribution in [-0.4, -0.2) is 46.2 Å². The predicted molar refractivity (Wildman–Crippen MR) is 129 cm³/mol. The lowest BCUT2D eigenvalue weighted by Crippen LogP contribution is -2.27. The van der Waals surface area contributed by atoms with Crippen LogP contribution < -0.4 is 15.8 Å². The Morgan fingerprint density at radius 2 is 1.94 bits per heavy atom. The molecule has 4 rings (SSSR count). The number of hydrogen-bond acceptors (Lipinski definition) is 5. The summed E-state index contributed by atoms with van der Waals surface area (Å²) in [5.74, 6) is -2.89. The molecule has 0 fully saturated rings. The summed E-state index contributed by atoms with van der Waals surface area (Å²) >= 11 is 0. The summed E-state index contributed by atoms with van der Waals surface area (Å²) < 4.78 is 5.21. The number of hydrogen-bond donors (Lipinski definition) is 5. The van der Waals surface area contributed by atoms with Crippen molar-refractivity contribution in [3.05, 3.63) is 65.4 Å². The molecule has 1 amide bonds. The van der Waals surface area contributed by atoms with E-state index in [1.165, 1.54) is 11.3 Å². The van der Waals surface area contributed by atoms with E-state index < -0.39 is 11.9 Å². The maximum Gasteiger partial charge on any atom is 0.414 e. The van der Waals surface area contributed by atoms with Gasteiger partial charge in [0, 0.05) is 34.7 Å². The second-order valence-electron chi connectivity index (χ2n) is 7.89. The molecule has 9 heteroatoms. The minimum atomic E-state index is -1.82. The number of ether oxygens (including phenoxy) is 1. The molecule has 0 radical (unpaired) electrons. The molecule has 1 aromatic heterocycles. The topological polar surface area (TPSA) is 155 Å². The Hall–Kier alpha value is -4.11. The third-order valence-corrected chi connectivity index (χ3v) is 5.40. The SMILES string of the molecule is COc1cccc(/C=C/CC(=O)Nc2ccc3[nH]c4c(c3c2)CC(N)CC4)c1.O=C(O)C(=O)O. The molecular weight excluding hydrogens is 438 g/mol. The Labute approximate surface area is 196 Å². The van der Waals surface area contributed by atoms with E-state index in [2.05, 4.69) is 10.3 Å². The zero-order valence-corrected chi connectivity index (χ0v) is 18.7. The highest BCUT2D eigenvalue weighted by Gasteiger charge is 2.20. The van der Waals surface area contributed by atoms with Gasteiger partial charge in [-0.05, 0) is 60.7 Å². The number of nitrogens with two attached hydrogens (primary N) is 1. The maximum absolute atomic E-state index is 12.3. The van der Waals surface area contributed by atoms with Gasteiger partial charge in [-0.25, -0.2) is 9.59 Å². The highest BCUT2D eigenvalue weighted by molar-refractivity contribution is 6.27. The van der Waals surface area contributed by atoms with Crippen molar-refractivity contribution in [3.63, 3.8) is 0 Å². The van der Waals surface area contributed by atoms with Gasteiger partial charge in [-0.3, -0.25) is 4.79 Å². The lowest BCUT2D eigenvalue weighted by atomic mass is 9.92. The van der Waals surface area contributed by atoms with Crippen molar-refractivity contribution in [1.29, 1.82) is 0 Å². The maximum atomic E-state index is 12.3. The van der Waals surface area contributed by atoms with Crippen LogP contribution in [0.5, 0.6) is 5.75 Å². The van der Waals surface area contributed by atoms with Gasteiger partial charge in [0.25, 0.3) is 0 Å². The number of fused-ring (bicyclic) bond motifs is 3. The molecule has 9 nitrogen and oxygen atoms in total. The molecule has 1 atom stereocenters. The van der Waals surface area contributed by atoms with Crippen molar-refractivity contribution in [3.8, 4) is 5.75 Å². The number of amides is 1. The average Bonchev–Trinajstić information content (AvgIpc) is 3.16. The summed E-state index contributed by atoms with van der Waals surface area (Å²) in [4.78, 5) is 34.0. The van der Waals surface area contributed by atoms with Crippen molar-refractivity contribution >= 4 is 40.5 Å². The minimum absolute atomic E-state index is 0.0420. The molecule has 1 aliphatic carbocycles. The van der Waals surface area contributed by atoms with Crippen molar-refractivity contribution in [1.82, 2.24) is 4.98 Å². The number of H-pyrrole nitrogens is 1. The Bertz CT molecular complexity index is 1220. The zero-order chi connectivity index (χ0) is 24.7. The molecule has 0 spiro atoms. The summed E-state index contributed by atoms with van der Waals surface area (Å²) in [6.45, 7) is 0. The summed E-state index contributed by atoms with van der Waals surface area (Å²) in [6, 6.07) is 14.0. The number of carboxylic acid groups (broad SMARTS) is 2. The number of rotatable bonds is 5. The van der Waals surface area contributed by atoms with Gasteiger partial charge in [-0.15, -0.1) is 0 Å². The van der Waals surface area contributed by atoms with Crippen LogP contribution in [0.15, 0.2) is 48.5 Å². The fraction of sp³-hybridized carbons (Fsp3) is 0.240. The summed E-state index contributed by atoms with van der Waals surface area (Å²) in [7, 11) is 1.64. The largest absolute Gasteiger partial charge is 0.497 e. The fourth-order valence-corrected chi connectivity index (χ4v) is 3.78. The van der Waals surface area contributed by atoms with Crippen LogP contribution in [0, 0.1) is 0 Å². The highest BCUT2D eigenvalue weighted by Crippen LogP contribution is 2.30. The Kier molecular flexibility index (Phi) is 8.05. The number of carbonyl (C=O) groups is 3. The van der Waals surface area contributed by atoms with E-state index in [1.807, 2.05) is 54.6 Å². The molecule has 0 aliphatic heterocycles. The fourth-order valence-electron chi connectivity index (χ4n) is 3.78. The number of aromatic amines is 1. The lowest BCUT2D eigenvalue weighted by Gasteiger charge is -2.18. The molecule has 6 N–H and O–H groups in total. The number of carbonyl (C=O) groups excluding carboxylic acids is 1. The van der Waals surface area contributed by atoms with E-state index >= 15 is 0 Å². The van der Waals surface area contributed by atoms with Crippen LogP contribution >= 0.6 is 0 Å². The smallest absolute Gasteiger partial charge is 0.414 e. The number of aliphatic carboxylic acids is 2. The highest BCUT2D eigenvalue weighted by atomic mass is 16.5. The molecular formula is C25H27N3O6. The van der Waals surface area contributed by atoms with Gasteiger partial charge in [0.05, 0.1) is 7.11 Å². The molecule has 3 aromatic rings. The van der Waals surface area contributed by atoms with E-state index in [4.69, 9.17) is 30.3 Å². The van der Waals surface area contributed by atoms with Gasteiger partial charge in [0.1, 0.15) is 5.75 Å². The zero-order valence-electron chi connectivity index (χ0n) is 18.7. The van der Waals surface area contributed by atoms with E-state index in [0.717, 1.165) is 47.2 Å². The molecule has 1 heterocycles. The standard InChI is InChI=1S/C23H25N3O2.C2H2O4/c1-28-18-6-2-4-15(12-18)5-3-7-23(27)25-17-9-11-22-20(14-17)19-13-16(24)8-10-21(19)26-22;3-1(4)2(5)6/h2-6,9,11-12,14,16,26H,7-8,10,13,24H2,1H3,(H,25,27);(H,3,4)(H,5,6)/b5-3+;. The van der Waals surface area contributed by atoms with Crippen LogP contribution in [0.2, 0.25) is 0 Å². The van der Waals surface area contributed by atoms with Crippen molar-refractivity contribution in [2.45, 2.75) is 31.7 Å². The van der Waals surface area contributed by atoms with Crippen LogP contribution in [0.1, 0.15) is 29.7 Å². The van der Waals surface area contributed by atoms with Crippen LogP contribution in [-0.2, 0) is 27.2 Å². The second kappa shape index (κ2) is 11.2. The van der Waals surface area contributed by atoms with Gasteiger partial charge >= 0.3 is 11.9 Å². The van der Waals surface area contributed by atoms with E-state index in [9.17, 15) is 4.79 Å². The number of carboxylic acids is 2. The first kappa shape index (κ1) is 24.5. The molecule has 0 saturated heterocycles. The molecule has 0 saturated carbocycles. The molecule has 0 bridgehead atoms. The van der Waals surface area contributed by atoms with Gasteiger partial charge in [-0.1, -0.05) is 24.3 Å². The van der Waals surface area contributed by atoms with E-state index in [1.54, 1.807) is 7.11 Å². The monoisotopic (exact) mass is 465 g/mol. The first-order chi connectivity index (χ1) is 16.3. The van der Waals surface area contributed by atoms with Crippen molar-refractivity contribution in [2.24, 2.45) is 5.73 Å². The molecule has 178 valence electrons. The predicted octanol–water partition coefficient (Wildman–Crippen LogP) is 3.19. The quantitative estimate of drug-likeness (QED) is 0.362. The van der Waals surface area contributed by atoms with Crippen LogP contribution in [0.25, 0.3) is 17.0 Å². The van der Waals surface area contributed by atoms with Crippen molar-refractivity contribution < 1.29 is 29.3 Å². The number of anilines is 1. The van der Waals surface area contributed by atoms with Crippen molar-refractivity contribution in [2.75, 3.05) is 12.4 Å². The Balaban J connectivity index is 0.000000481. The van der Waals surface area contributed by atoms with E-state index in [0.29, 0.717) is 6.42 Å². The Morgan fingerprint density at radius 1 is 1.18 bits per heavy atom.